The van der Waals surface area contributed by atoms with Crippen molar-refractivity contribution in [1.29, 1.82) is 0 Å². The Kier molecular flexibility index (Phi) is 8.11. The molecule has 0 bridgehead atoms. The number of carbonyl (C=O) groups excluding carboxylic acids is 1. The van der Waals surface area contributed by atoms with Crippen LogP contribution in [0.3, 0.4) is 0 Å². The number of halogens is 1. The van der Waals surface area contributed by atoms with Crippen LogP contribution in [-0.2, 0) is 4.79 Å². The third kappa shape index (κ3) is 4.35. The third-order valence-corrected chi connectivity index (χ3v) is 3.80. The number of rotatable bonds is 2. The molecule has 1 heterocycles. The van der Waals surface area contributed by atoms with E-state index in [9.17, 15) is 9.90 Å². The topological polar surface area (TPSA) is 43.4 Å². The minimum Gasteiger partial charge on any atom is -0.550 e. The largest absolute Gasteiger partial charge is 1.00 e. The van der Waals surface area contributed by atoms with Crippen LogP contribution in [0.5, 0.6) is 0 Å². The van der Waals surface area contributed by atoms with Gasteiger partial charge in [-0.3, -0.25) is 4.90 Å². The van der Waals surface area contributed by atoms with Crippen LogP contribution < -0.4 is 56.5 Å². The fraction of sp³-hybridized carbons (Fsp3) is 0.889. The smallest absolute Gasteiger partial charge is 0.550 e. The van der Waals surface area contributed by atoms with Gasteiger partial charge in [0.25, 0.3) is 0 Å². The van der Waals surface area contributed by atoms with E-state index in [0.717, 1.165) is 19.4 Å². The van der Waals surface area contributed by atoms with Crippen molar-refractivity contribution >= 4 is 28.6 Å². The number of carbonyl (C=O) groups is 1. The van der Waals surface area contributed by atoms with E-state index in [1.807, 2.05) is 0 Å². The summed E-state index contributed by atoms with van der Waals surface area (Å²) in [6.45, 7) is 5.17. The first-order chi connectivity index (χ1) is 6.02. The van der Waals surface area contributed by atoms with Crippen LogP contribution in [0.2, 0.25) is 0 Å². The molecule has 5 heteroatoms. The van der Waals surface area contributed by atoms with Gasteiger partial charge in [0.2, 0.25) is 0 Å². The number of nitrogens with zero attached hydrogens (tertiary/aromatic N) is 1. The van der Waals surface area contributed by atoms with Crippen LogP contribution in [0.15, 0.2) is 0 Å². The monoisotopic (exact) mass is 335 g/mol. The molecule has 0 amide bonds. The number of carboxylic acid groups (broad SMARTS) is 1. The van der Waals surface area contributed by atoms with E-state index in [-0.39, 0.29) is 57.3 Å². The Bertz CT molecular complexity index is 201. The predicted molar refractivity (Wildman–Crippen MR) is 57.4 cm³/mol. The Hall–Kier alpha value is 1.80. The number of likely N-dealkylation sites (tertiary alicyclic amines) is 1. The molecule has 76 valence electrons. The molecule has 1 rings (SSSR count). The maximum atomic E-state index is 10.6. The summed E-state index contributed by atoms with van der Waals surface area (Å²) in [5, 5.41) is 10.6. The molecule has 0 aliphatic carbocycles. The van der Waals surface area contributed by atoms with Gasteiger partial charge in [-0.05, 0) is 26.7 Å². The van der Waals surface area contributed by atoms with Gasteiger partial charge in [0, 0.05) is 24.5 Å². The zero-order valence-electron chi connectivity index (χ0n) is 9.00. The average molecular weight is 335 g/mol. The zero-order valence-corrected chi connectivity index (χ0v) is 14.3. The molecule has 0 spiro atoms. The molecule has 14 heavy (non-hydrogen) atoms. The van der Waals surface area contributed by atoms with Crippen molar-refractivity contribution < 1.29 is 61.3 Å². The van der Waals surface area contributed by atoms with Crippen molar-refractivity contribution in [2.75, 3.05) is 6.54 Å². The first kappa shape index (κ1) is 15.8. The summed E-state index contributed by atoms with van der Waals surface area (Å²) in [6.07, 6.45) is 1.46. The molecule has 0 radical (unpaired) electrons. The summed E-state index contributed by atoms with van der Waals surface area (Å²) in [6, 6.07) is 0.504. The minimum absolute atomic E-state index is 0. The Labute approximate surface area is 142 Å². The summed E-state index contributed by atoms with van der Waals surface area (Å²) in [7, 11) is 0. The maximum Gasteiger partial charge on any atom is 1.00 e. The molecule has 1 aliphatic rings. The first-order valence-corrected chi connectivity index (χ1v) is 5.87. The van der Waals surface area contributed by atoms with E-state index >= 15 is 0 Å². The molecular formula is C9H15IKNO2. The molecule has 1 aliphatic heterocycles. The number of hydrogen-bond acceptors (Lipinski definition) is 3. The van der Waals surface area contributed by atoms with Crippen molar-refractivity contribution in [3.63, 3.8) is 0 Å². The van der Waals surface area contributed by atoms with Crippen LogP contribution in [0, 0.1) is 5.92 Å². The molecule has 2 atom stereocenters. The van der Waals surface area contributed by atoms with Crippen LogP contribution in [-0.4, -0.2) is 27.5 Å². The summed E-state index contributed by atoms with van der Waals surface area (Å²) < 4.78 is 0.342. The summed E-state index contributed by atoms with van der Waals surface area (Å²) >= 11 is 2.32. The fourth-order valence-corrected chi connectivity index (χ4v) is 3.26. The van der Waals surface area contributed by atoms with Gasteiger partial charge in [-0.1, -0.05) is 22.6 Å². The summed E-state index contributed by atoms with van der Waals surface area (Å²) in [5.74, 6) is -1.12. The Morgan fingerprint density at radius 2 is 2.14 bits per heavy atom. The second-order valence-electron chi connectivity index (χ2n) is 3.81. The van der Waals surface area contributed by atoms with Crippen molar-refractivity contribution in [3.8, 4) is 0 Å². The molecule has 1 saturated heterocycles. The molecule has 0 aromatic carbocycles. The first-order valence-electron chi connectivity index (χ1n) is 4.63. The number of piperidine rings is 1. The van der Waals surface area contributed by atoms with Gasteiger partial charge < -0.3 is 9.90 Å². The van der Waals surface area contributed by atoms with Crippen LogP contribution in [0.25, 0.3) is 0 Å². The van der Waals surface area contributed by atoms with E-state index in [1.165, 1.54) is 0 Å². The third-order valence-electron chi connectivity index (χ3n) is 2.57. The molecule has 0 saturated carbocycles. The summed E-state index contributed by atoms with van der Waals surface area (Å²) in [4.78, 5) is 13.0. The molecule has 0 N–H and O–H groups in total. The Morgan fingerprint density at radius 3 is 2.50 bits per heavy atom. The molecule has 0 aromatic heterocycles. The van der Waals surface area contributed by atoms with Crippen LogP contribution in [0.4, 0.5) is 0 Å². The van der Waals surface area contributed by atoms with E-state index in [1.54, 1.807) is 0 Å². The number of carboxylic acids is 1. The van der Waals surface area contributed by atoms with Crippen LogP contribution in [0.1, 0.15) is 26.7 Å². The van der Waals surface area contributed by atoms with Crippen molar-refractivity contribution in [2.45, 2.75) is 36.8 Å². The van der Waals surface area contributed by atoms with Crippen molar-refractivity contribution in [2.24, 2.45) is 5.92 Å². The normalized spacial score (nSPS) is 28.6. The quantitative estimate of drug-likeness (QED) is 0.245. The molecular weight excluding hydrogens is 320 g/mol. The number of aliphatic carboxylic acids is 1. The Balaban J connectivity index is 0.00000169. The number of hydrogen-bond donors (Lipinski definition) is 0. The SMILES string of the molecule is CC(C)N1CCC(C(=O)[O-])CC1I.[K+]. The van der Waals surface area contributed by atoms with Gasteiger partial charge in [-0.2, -0.15) is 0 Å². The standard InChI is InChI=1S/C9H16INO2.K/c1-6(2)11-4-3-7(9(12)13)5-8(11)10;/h6-8H,3-5H2,1-2H3,(H,12,13);/q;+1/p-1. The van der Waals surface area contributed by atoms with Gasteiger partial charge >= 0.3 is 51.4 Å². The zero-order chi connectivity index (χ0) is 10.0. The predicted octanol–water partition coefficient (Wildman–Crippen LogP) is -2.38. The Morgan fingerprint density at radius 1 is 1.57 bits per heavy atom. The minimum atomic E-state index is -0.884. The second-order valence-corrected chi connectivity index (χ2v) is 5.24. The van der Waals surface area contributed by atoms with Crippen LogP contribution >= 0.6 is 22.6 Å². The fourth-order valence-electron chi connectivity index (χ4n) is 1.73. The van der Waals surface area contributed by atoms with Gasteiger partial charge in [0.05, 0.1) is 4.05 Å². The van der Waals surface area contributed by atoms with E-state index in [4.69, 9.17) is 0 Å². The van der Waals surface area contributed by atoms with E-state index < -0.39 is 5.97 Å². The average Bonchev–Trinajstić information content (AvgIpc) is 2.03. The second kappa shape index (κ2) is 7.19. The van der Waals surface area contributed by atoms with E-state index in [2.05, 4.69) is 41.3 Å². The van der Waals surface area contributed by atoms with Crippen molar-refractivity contribution in [3.05, 3.63) is 0 Å². The molecule has 2 unspecified atom stereocenters. The van der Waals surface area contributed by atoms with Gasteiger partial charge in [0.1, 0.15) is 0 Å². The van der Waals surface area contributed by atoms with Gasteiger partial charge in [-0.15, -0.1) is 0 Å². The maximum absolute atomic E-state index is 10.6. The van der Waals surface area contributed by atoms with Gasteiger partial charge in [0.15, 0.2) is 0 Å². The van der Waals surface area contributed by atoms with Gasteiger partial charge in [-0.25, -0.2) is 0 Å². The molecule has 1 fully saturated rings. The van der Waals surface area contributed by atoms with Crippen molar-refractivity contribution in [1.82, 2.24) is 4.90 Å². The molecule has 0 aromatic rings. The molecule has 3 nitrogen and oxygen atoms in total. The summed E-state index contributed by atoms with van der Waals surface area (Å²) in [5.41, 5.74) is 0. The van der Waals surface area contributed by atoms with E-state index in [0.29, 0.717) is 10.1 Å². The number of alkyl halides is 1.